The smallest absolute Gasteiger partial charge is 0.411 e. The van der Waals surface area contributed by atoms with Gasteiger partial charge in [0, 0.05) is 13.1 Å². The van der Waals surface area contributed by atoms with Crippen molar-refractivity contribution in [2.45, 2.75) is 38.0 Å². The zero-order valence-corrected chi connectivity index (χ0v) is 11.1. The van der Waals surface area contributed by atoms with Crippen molar-refractivity contribution in [3.8, 4) is 0 Å². The standard InChI is InChI=1S/C15H20N2O2/c18-14(19-12-13-6-2-1-3-7-13)17-11-5-4-8-15(17)9-10-16-15/h1-3,6-7,16H,4-5,8-12H2. The van der Waals surface area contributed by atoms with E-state index in [4.69, 9.17) is 4.74 Å². The molecule has 2 heterocycles. The Morgan fingerprint density at radius 2 is 2.05 bits per heavy atom. The lowest BCUT2D eigenvalue weighted by Crippen LogP contribution is -2.70. The number of amides is 1. The molecule has 1 spiro atoms. The Labute approximate surface area is 113 Å². The first-order valence-corrected chi connectivity index (χ1v) is 7.04. The number of nitrogens with zero attached hydrogens (tertiary/aromatic N) is 1. The van der Waals surface area contributed by atoms with E-state index in [0.29, 0.717) is 6.61 Å². The molecule has 2 fully saturated rings. The number of ether oxygens (including phenoxy) is 1. The average molecular weight is 260 g/mol. The summed E-state index contributed by atoms with van der Waals surface area (Å²) in [5.74, 6) is 0. The Bertz CT molecular complexity index is 443. The van der Waals surface area contributed by atoms with Crippen molar-refractivity contribution in [3.05, 3.63) is 35.9 Å². The highest BCUT2D eigenvalue weighted by molar-refractivity contribution is 5.69. The van der Waals surface area contributed by atoms with Gasteiger partial charge in [-0.05, 0) is 31.2 Å². The van der Waals surface area contributed by atoms with E-state index >= 15 is 0 Å². The molecule has 102 valence electrons. The van der Waals surface area contributed by atoms with Crippen molar-refractivity contribution in [2.75, 3.05) is 13.1 Å². The van der Waals surface area contributed by atoms with Gasteiger partial charge in [-0.1, -0.05) is 30.3 Å². The second-order valence-corrected chi connectivity index (χ2v) is 5.36. The molecule has 1 N–H and O–H groups in total. The summed E-state index contributed by atoms with van der Waals surface area (Å²) in [5, 5.41) is 3.42. The van der Waals surface area contributed by atoms with Gasteiger partial charge in [0.2, 0.25) is 0 Å². The topological polar surface area (TPSA) is 41.6 Å². The molecule has 4 nitrogen and oxygen atoms in total. The van der Waals surface area contributed by atoms with Crippen molar-refractivity contribution in [3.63, 3.8) is 0 Å². The SMILES string of the molecule is O=C(OCc1ccccc1)N1CCCCC12CCN2. The predicted molar refractivity (Wildman–Crippen MR) is 72.5 cm³/mol. The minimum absolute atomic E-state index is 0.105. The molecular weight excluding hydrogens is 240 g/mol. The quantitative estimate of drug-likeness (QED) is 0.888. The molecule has 0 radical (unpaired) electrons. The summed E-state index contributed by atoms with van der Waals surface area (Å²) in [5.41, 5.74) is 0.926. The zero-order valence-electron chi connectivity index (χ0n) is 11.1. The Hall–Kier alpha value is -1.55. The Morgan fingerprint density at radius 3 is 2.74 bits per heavy atom. The van der Waals surface area contributed by atoms with Gasteiger partial charge in [0.1, 0.15) is 6.61 Å². The predicted octanol–water partition coefficient (Wildman–Crippen LogP) is 2.50. The summed E-state index contributed by atoms with van der Waals surface area (Å²) in [6.45, 7) is 2.16. The summed E-state index contributed by atoms with van der Waals surface area (Å²) in [7, 11) is 0. The lowest BCUT2D eigenvalue weighted by atomic mass is 9.87. The summed E-state index contributed by atoms with van der Waals surface area (Å²) < 4.78 is 5.45. The summed E-state index contributed by atoms with van der Waals surface area (Å²) in [6.07, 6.45) is 4.18. The van der Waals surface area contributed by atoms with Crippen LogP contribution in [0.2, 0.25) is 0 Å². The summed E-state index contributed by atoms with van der Waals surface area (Å²) in [6, 6.07) is 9.82. The van der Waals surface area contributed by atoms with Crippen LogP contribution in [0.3, 0.4) is 0 Å². The number of piperidine rings is 1. The Kier molecular flexibility index (Phi) is 3.42. The molecule has 0 aromatic heterocycles. The van der Waals surface area contributed by atoms with Crippen LogP contribution in [0.25, 0.3) is 0 Å². The maximum atomic E-state index is 12.2. The van der Waals surface area contributed by atoms with Crippen molar-refractivity contribution in [1.82, 2.24) is 10.2 Å². The van der Waals surface area contributed by atoms with Gasteiger partial charge in [-0.25, -0.2) is 4.79 Å². The molecule has 3 rings (SSSR count). The van der Waals surface area contributed by atoms with Gasteiger partial charge in [-0.2, -0.15) is 0 Å². The van der Waals surface area contributed by atoms with E-state index in [2.05, 4.69) is 5.32 Å². The van der Waals surface area contributed by atoms with Crippen molar-refractivity contribution < 1.29 is 9.53 Å². The molecule has 1 unspecified atom stereocenters. The van der Waals surface area contributed by atoms with Crippen LogP contribution in [0.5, 0.6) is 0 Å². The Morgan fingerprint density at radius 1 is 1.26 bits per heavy atom. The van der Waals surface area contributed by atoms with Gasteiger partial charge in [-0.3, -0.25) is 10.2 Å². The number of carbonyl (C=O) groups is 1. The molecule has 2 aliphatic rings. The van der Waals surface area contributed by atoms with Crippen molar-refractivity contribution in [1.29, 1.82) is 0 Å². The lowest BCUT2D eigenvalue weighted by Gasteiger charge is -2.53. The van der Waals surface area contributed by atoms with E-state index in [1.165, 1.54) is 6.42 Å². The number of hydrogen-bond donors (Lipinski definition) is 1. The van der Waals surface area contributed by atoms with E-state index in [1.807, 2.05) is 35.2 Å². The van der Waals surface area contributed by atoms with Gasteiger partial charge in [0.05, 0.1) is 5.66 Å². The molecule has 1 aromatic carbocycles. The molecule has 2 saturated heterocycles. The van der Waals surface area contributed by atoms with Crippen LogP contribution >= 0.6 is 0 Å². The molecule has 1 atom stereocenters. The summed E-state index contributed by atoms with van der Waals surface area (Å²) >= 11 is 0. The van der Waals surface area contributed by atoms with E-state index in [1.54, 1.807) is 0 Å². The third-order valence-electron chi connectivity index (χ3n) is 4.16. The first-order valence-electron chi connectivity index (χ1n) is 7.04. The minimum Gasteiger partial charge on any atom is -0.445 e. The second kappa shape index (κ2) is 5.21. The zero-order chi connectivity index (χ0) is 13.1. The monoisotopic (exact) mass is 260 g/mol. The molecule has 0 saturated carbocycles. The summed E-state index contributed by atoms with van der Waals surface area (Å²) in [4.78, 5) is 14.1. The molecule has 2 aliphatic heterocycles. The van der Waals surface area contributed by atoms with Crippen LogP contribution in [0.15, 0.2) is 30.3 Å². The van der Waals surface area contributed by atoms with Crippen LogP contribution in [0, 0.1) is 0 Å². The van der Waals surface area contributed by atoms with Crippen LogP contribution in [0.1, 0.15) is 31.2 Å². The highest BCUT2D eigenvalue weighted by Crippen LogP contribution is 2.34. The first kappa shape index (κ1) is 12.5. The number of nitrogens with one attached hydrogen (secondary N) is 1. The van der Waals surface area contributed by atoms with E-state index in [-0.39, 0.29) is 11.8 Å². The molecule has 0 bridgehead atoms. The van der Waals surface area contributed by atoms with Gasteiger partial charge in [-0.15, -0.1) is 0 Å². The normalized spacial score (nSPS) is 26.0. The van der Waals surface area contributed by atoms with E-state index in [0.717, 1.165) is 37.9 Å². The molecule has 4 heteroatoms. The highest BCUT2D eigenvalue weighted by atomic mass is 16.6. The maximum Gasteiger partial charge on any atom is 0.411 e. The fourth-order valence-electron chi connectivity index (χ4n) is 2.96. The van der Waals surface area contributed by atoms with Crippen molar-refractivity contribution in [2.24, 2.45) is 0 Å². The minimum atomic E-state index is -0.184. The van der Waals surface area contributed by atoms with Crippen LogP contribution in [-0.2, 0) is 11.3 Å². The number of benzene rings is 1. The van der Waals surface area contributed by atoms with E-state index in [9.17, 15) is 4.79 Å². The molecule has 0 aliphatic carbocycles. The fraction of sp³-hybridized carbons (Fsp3) is 0.533. The molecule has 1 aromatic rings. The molecular formula is C15H20N2O2. The maximum absolute atomic E-state index is 12.2. The number of rotatable bonds is 2. The first-order chi connectivity index (χ1) is 9.30. The molecule has 1 amide bonds. The van der Waals surface area contributed by atoms with Crippen molar-refractivity contribution >= 4 is 6.09 Å². The lowest BCUT2D eigenvalue weighted by molar-refractivity contribution is -0.0327. The van der Waals surface area contributed by atoms with Gasteiger partial charge < -0.3 is 4.74 Å². The molecule has 19 heavy (non-hydrogen) atoms. The third kappa shape index (κ3) is 2.45. The van der Waals surface area contributed by atoms with Gasteiger partial charge in [0.15, 0.2) is 0 Å². The highest BCUT2D eigenvalue weighted by Gasteiger charge is 2.46. The largest absolute Gasteiger partial charge is 0.445 e. The fourth-order valence-corrected chi connectivity index (χ4v) is 2.96. The average Bonchev–Trinajstić information content (AvgIpc) is 2.44. The number of likely N-dealkylation sites (tertiary alicyclic amines) is 1. The van der Waals surface area contributed by atoms with Gasteiger partial charge in [0.25, 0.3) is 0 Å². The third-order valence-corrected chi connectivity index (χ3v) is 4.16. The Balaban J connectivity index is 1.60. The second-order valence-electron chi connectivity index (χ2n) is 5.36. The van der Waals surface area contributed by atoms with Gasteiger partial charge >= 0.3 is 6.09 Å². The number of carbonyl (C=O) groups excluding carboxylic acids is 1. The number of hydrogen-bond acceptors (Lipinski definition) is 3. The van der Waals surface area contributed by atoms with Crippen LogP contribution in [-0.4, -0.2) is 29.7 Å². The van der Waals surface area contributed by atoms with Crippen LogP contribution < -0.4 is 5.32 Å². The van der Waals surface area contributed by atoms with Crippen LogP contribution in [0.4, 0.5) is 4.79 Å². The van der Waals surface area contributed by atoms with E-state index < -0.39 is 0 Å².